The number of hydrogen-bond donors (Lipinski definition) is 0. The molecule has 1 amide bonds. The molecule has 0 radical (unpaired) electrons. The summed E-state index contributed by atoms with van der Waals surface area (Å²) in [6.45, 7) is 4.62. The molecule has 0 unspecified atom stereocenters. The Labute approximate surface area is 253 Å². The molecular formula is C34H34F3NO6. The number of benzene rings is 3. The Kier molecular flexibility index (Phi) is 10.9. The van der Waals surface area contributed by atoms with E-state index >= 15 is 0 Å². The van der Waals surface area contributed by atoms with Crippen molar-refractivity contribution in [2.75, 3.05) is 26.3 Å². The lowest BCUT2D eigenvalue weighted by molar-refractivity contribution is -0.146. The molecule has 7 nitrogen and oxygen atoms in total. The SMILES string of the molecule is C=CCOC(=O)C[C@H](CCC(=O)C1CCN(C(=O)c2cccc3ccccc23)CC1)C(=O)COc1c(C)c(F)cc(F)c1F. The first kappa shape index (κ1) is 32.4. The molecule has 0 N–H and O–H groups in total. The van der Waals surface area contributed by atoms with Crippen molar-refractivity contribution in [3.63, 3.8) is 0 Å². The van der Waals surface area contributed by atoms with E-state index in [0.717, 1.165) is 10.8 Å². The zero-order chi connectivity index (χ0) is 31.8. The lowest BCUT2D eigenvalue weighted by Crippen LogP contribution is -2.40. The fourth-order valence-electron chi connectivity index (χ4n) is 5.39. The summed E-state index contributed by atoms with van der Waals surface area (Å²) in [5.41, 5.74) is 0.301. The molecule has 0 aliphatic carbocycles. The van der Waals surface area contributed by atoms with Gasteiger partial charge in [-0.3, -0.25) is 19.2 Å². The summed E-state index contributed by atoms with van der Waals surface area (Å²) >= 11 is 0. The van der Waals surface area contributed by atoms with Crippen molar-refractivity contribution >= 4 is 34.2 Å². The molecule has 3 aromatic carbocycles. The van der Waals surface area contributed by atoms with Gasteiger partial charge in [-0.15, -0.1) is 0 Å². The molecule has 1 aliphatic rings. The third-order valence-electron chi connectivity index (χ3n) is 7.95. The molecule has 0 saturated carbocycles. The number of Topliss-reactive ketones (excluding diaryl/α,β-unsaturated/α-hetero) is 2. The van der Waals surface area contributed by atoms with E-state index in [2.05, 4.69) is 6.58 Å². The van der Waals surface area contributed by atoms with Gasteiger partial charge in [0.15, 0.2) is 17.3 Å². The van der Waals surface area contributed by atoms with Crippen LogP contribution in [0.5, 0.6) is 5.75 Å². The number of carbonyl (C=O) groups is 4. The fraction of sp³-hybridized carbons (Fsp3) is 0.353. The normalized spacial score (nSPS) is 14.2. The minimum absolute atomic E-state index is 0.00165. The van der Waals surface area contributed by atoms with Gasteiger partial charge in [0, 0.05) is 48.5 Å². The third kappa shape index (κ3) is 7.72. The highest BCUT2D eigenvalue weighted by atomic mass is 19.2. The average Bonchev–Trinajstić information content (AvgIpc) is 3.03. The number of ether oxygens (including phenoxy) is 2. The zero-order valence-electron chi connectivity index (χ0n) is 24.5. The van der Waals surface area contributed by atoms with Crippen molar-refractivity contribution in [3.8, 4) is 5.75 Å². The highest BCUT2D eigenvalue weighted by Crippen LogP contribution is 2.29. The van der Waals surface area contributed by atoms with Crippen molar-refractivity contribution in [2.45, 2.75) is 39.0 Å². The molecule has 1 aliphatic heterocycles. The van der Waals surface area contributed by atoms with Crippen molar-refractivity contribution < 1.29 is 41.8 Å². The highest BCUT2D eigenvalue weighted by Gasteiger charge is 2.31. The predicted octanol–water partition coefficient (Wildman–Crippen LogP) is 6.15. The molecule has 1 atom stereocenters. The molecule has 0 aromatic heterocycles. The van der Waals surface area contributed by atoms with Crippen LogP contribution in [0.4, 0.5) is 13.2 Å². The van der Waals surface area contributed by atoms with Crippen LogP contribution in [0.15, 0.2) is 61.2 Å². The first-order chi connectivity index (χ1) is 21.1. The maximum Gasteiger partial charge on any atom is 0.306 e. The van der Waals surface area contributed by atoms with E-state index in [-0.39, 0.29) is 49.0 Å². The second-order valence-corrected chi connectivity index (χ2v) is 10.8. The first-order valence-electron chi connectivity index (χ1n) is 14.5. The number of esters is 1. The summed E-state index contributed by atoms with van der Waals surface area (Å²) in [7, 11) is 0. The Morgan fingerprint density at radius 1 is 1.02 bits per heavy atom. The van der Waals surface area contributed by atoms with Crippen LogP contribution in [0, 0.1) is 36.2 Å². The van der Waals surface area contributed by atoms with Gasteiger partial charge in [0.2, 0.25) is 5.82 Å². The van der Waals surface area contributed by atoms with E-state index in [0.29, 0.717) is 37.6 Å². The number of carbonyl (C=O) groups excluding carboxylic acids is 4. The number of fused-ring (bicyclic) bond motifs is 1. The number of hydrogen-bond acceptors (Lipinski definition) is 6. The highest BCUT2D eigenvalue weighted by molar-refractivity contribution is 6.07. The molecule has 3 aromatic rings. The third-order valence-corrected chi connectivity index (χ3v) is 7.95. The number of ketones is 2. The van der Waals surface area contributed by atoms with Crippen LogP contribution in [0.1, 0.15) is 48.0 Å². The van der Waals surface area contributed by atoms with Crippen molar-refractivity contribution in [3.05, 3.63) is 89.8 Å². The van der Waals surface area contributed by atoms with E-state index in [1.807, 2.05) is 36.4 Å². The molecule has 4 rings (SSSR count). The van der Waals surface area contributed by atoms with Crippen molar-refractivity contribution in [1.29, 1.82) is 0 Å². The van der Waals surface area contributed by atoms with Crippen LogP contribution in [0.2, 0.25) is 0 Å². The van der Waals surface area contributed by atoms with E-state index in [1.165, 1.54) is 13.0 Å². The molecule has 232 valence electrons. The standard InChI is InChI=1S/C34H34F3NO6/c1-3-17-43-31(41)18-24(30(40)20-44-33-21(2)27(35)19-28(36)32(33)37)11-12-29(39)23-13-15-38(16-14-23)34(42)26-10-6-8-22-7-4-5-9-25(22)26/h3-10,19,23-24H,1,11-18,20H2,2H3/t24-/m0/s1. The number of halogens is 3. The maximum atomic E-state index is 14.2. The molecule has 10 heteroatoms. The second kappa shape index (κ2) is 14.8. The van der Waals surface area contributed by atoms with Gasteiger partial charge >= 0.3 is 5.97 Å². The molecule has 0 spiro atoms. The number of likely N-dealkylation sites (tertiary alicyclic amines) is 1. The minimum atomic E-state index is -1.46. The van der Waals surface area contributed by atoms with Crippen LogP contribution < -0.4 is 4.74 Å². The number of nitrogens with zero attached hydrogens (tertiary/aromatic N) is 1. The van der Waals surface area contributed by atoms with Crippen molar-refractivity contribution in [1.82, 2.24) is 4.90 Å². The lowest BCUT2D eigenvalue weighted by atomic mass is 9.86. The Hall–Kier alpha value is -4.47. The largest absolute Gasteiger partial charge is 0.482 e. The van der Waals surface area contributed by atoms with Crippen LogP contribution >= 0.6 is 0 Å². The maximum absolute atomic E-state index is 14.2. The summed E-state index contributed by atoms with van der Waals surface area (Å²) < 4.78 is 52.0. The van der Waals surface area contributed by atoms with Gasteiger partial charge in [0.1, 0.15) is 24.8 Å². The molecule has 1 fully saturated rings. The monoisotopic (exact) mass is 609 g/mol. The van der Waals surface area contributed by atoms with Crippen molar-refractivity contribution in [2.24, 2.45) is 11.8 Å². The van der Waals surface area contributed by atoms with Crippen LogP contribution in [0.25, 0.3) is 10.8 Å². The van der Waals surface area contributed by atoms with Gasteiger partial charge in [0.05, 0.1) is 6.42 Å². The number of rotatable bonds is 13. The first-order valence-corrected chi connectivity index (χ1v) is 14.5. The summed E-state index contributed by atoms with van der Waals surface area (Å²) in [6.07, 6.45) is 1.90. The van der Waals surface area contributed by atoms with Crippen LogP contribution in [-0.4, -0.2) is 54.6 Å². The molecule has 1 saturated heterocycles. The summed E-state index contributed by atoms with van der Waals surface area (Å²) in [5, 5.41) is 1.83. The van der Waals surface area contributed by atoms with Gasteiger partial charge in [-0.25, -0.2) is 8.78 Å². The molecule has 0 bridgehead atoms. The van der Waals surface area contributed by atoms with Crippen LogP contribution in [-0.2, 0) is 19.1 Å². The average molecular weight is 610 g/mol. The van der Waals surface area contributed by atoms with Gasteiger partial charge in [-0.2, -0.15) is 4.39 Å². The predicted molar refractivity (Wildman–Crippen MR) is 158 cm³/mol. The van der Waals surface area contributed by atoms with Gasteiger partial charge < -0.3 is 14.4 Å². The van der Waals surface area contributed by atoms with Gasteiger partial charge in [-0.1, -0.05) is 49.1 Å². The Morgan fingerprint density at radius 3 is 2.45 bits per heavy atom. The van der Waals surface area contributed by atoms with E-state index in [1.54, 1.807) is 11.0 Å². The Balaban J connectivity index is 1.35. The topological polar surface area (TPSA) is 90.0 Å². The van der Waals surface area contributed by atoms with E-state index in [4.69, 9.17) is 9.47 Å². The number of amides is 1. The molecular weight excluding hydrogens is 575 g/mol. The van der Waals surface area contributed by atoms with E-state index in [9.17, 15) is 32.3 Å². The lowest BCUT2D eigenvalue weighted by Gasteiger charge is -2.32. The smallest absolute Gasteiger partial charge is 0.306 e. The van der Waals surface area contributed by atoms with E-state index < -0.39 is 47.5 Å². The quantitative estimate of drug-likeness (QED) is 0.131. The summed E-state index contributed by atoms with van der Waals surface area (Å²) in [5.74, 6) is -7.53. The van der Waals surface area contributed by atoms with Crippen LogP contribution in [0.3, 0.4) is 0 Å². The van der Waals surface area contributed by atoms with Gasteiger partial charge in [0.25, 0.3) is 5.91 Å². The Bertz CT molecular complexity index is 1530. The molecule has 1 heterocycles. The fourth-order valence-corrected chi connectivity index (χ4v) is 5.39. The Morgan fingerprint density at radius 2 is 1.73 bits per heavy atom. The second-order valence-electron chi connectivity index (χ2n) is 10.8. The minimum Gasteiger partial charge on any atom is -0.482 e. The summed E-state index contributed by atoms with van der Waals surface area (Å²) in [6, 6.07) is 13.6. The number of piperidine rings is 1. The zero-order valence-corrected chi connectivity index (χ0v) is 24.5. The van der Waals surface area contributed by atoms with Gasteiger partial charge in [-0.05, 0) is 43.0 Å². The summed E-state index contributed by atoms with van der Waals surface area (Å²) in [4.78, 5) is 53.5. The molecule has 44 heavy (non-hydrogen) atoms.